The predicted molar refractivity (Wildman–Crippen MR) is 58.6 cm³/mol. The van der Waals surface area contributed by atoms with Gasteiger partial charge in [-0.25, -0.2) is 0 Å². The molecule has 1 aromatic heterocycles. The second-order valence-corrected chi connectivity index (χ2v) is 5.67. The van der Waals surface area contributed by atoms with Crippen LogP contribution in [0.5, 0.6) is 0 Å². The third-order valence-electron chi connectivity index (χ3n) is 1.84. The Morgan fingerprint density at radius 1 is 1.46 bits per heavy atom. The minimum Gasteiger partial charge on any atom is -0.390 e. The molecule has 0 bridgehead atoms. The van der Waals surface area contributed by atoms with Crippen LogP contribution in [0.1, 0.15) is 31.6 Å². The third kappa shape index (κ3) is 4.65. The van der Waals surface area contributed by atoms with Crippen molar-refractivity contribution < 1.29 is 5.11 Å². The van der Waals surface area contributed by atoms with E-state index >= 15 is 0 Å². The van der Waals surface area contributed by atoms with Gasteiger partial charge in [0, 0.05) is 4.88 Å². The molecule has 0 radical (unpaired) electrons. The van der Waals surface area contributed by atoms with Crippen molar-refractivity contribution in [2.24, 2.45) is 0 Å². The number of rotatable bonds is 4. The van der Waals surface area contributed by atoms with Crippen LogP contribution < -0.4 is 0 Å². The van der Waals surface area contributed by atoms with E-state index in [0.717, 1.165) is 23.6 Å². The van der Waals surface area contributed by atoms with Crippen molar-refractivity contribution in [3.05, 3.63) is 21.3 Å². The summed E-state index contributed by atoms with van der Waals surface area (Å²) in [5, 5.41) is 9.48. The highest BCUT2D eigenvalue weighted by molar-refractivity contribution is 7.16. The van der Waals surface area contributed by atoms with E-state index in [-0.39, 0.29) is 0 Å². The summed E-state index contributed by atoms with van der Waals surface area (Å²) in [6.45, 7) is 3.68. The van der Waals surface area contributed by atoms with E-state index in [4.69, 9.17) is 11.6 Å². The molecular weight excluding hydrogens is 204 g/mol. The quantitative estimate of drug-likeness (QED) is 0.820. The molecule has 0 aliphatic heterocycles. The first kappa shape index (κ1) is 11.0. The molecule has 0 aromatic carbocycles. The Labute approximate surface area is 88.4 Å². The normalized spacial score (nSPS) is 12.0. The van der Waals surface area contributed by atoms with Crippen molar-refractivity contribution in [1.29, 1.82) is 0 Å². The Balaban J connectivity index is 2.28. The maximum absolute atomic E-state index is 9.48. The molecule has 0 aliphatic rings. The Bertz CT molecular complexity index is 262. The molecule has 1 rings (SSSR count). The van der Waals surface area contributed by atoms with Gasteiger partial charge in [0.05, 0.1) is 9.94 Å². The van der Waals surface area contributed by atoms with Gasteiger partial charge in [0.15, 0.2) is 0 Å². The molecule has 13 heavy (non-hydrogen) atoms. The lowest BCUT2D eigenvalue weighted by molar-refractivity contribution is 0.0690. The lowest BCUT2D eigenvalue weighted by Gasteiger charge is -2.15. The van der Waals surface area contributed by atoms with E-state index in [1.165, 1.54) is 4.88 Å². The standard InChI is InChI=1S/C10H15ClOS/c1-10(2,12)7-3-4-8-5-6-9(11)13-8/h5-6,12H,3-4,7H2,1-2H3. The van der Waals surface area contributed by atoms with Crippen molar-refractivity contribution in [3.8, 4) is 0 Å². The van der Waals surface area contributed by atoms with Crippen LogP contribution in [0.3, 0.4) is 0 Å². The highest BCUT2D eigenvalue weighted by Gasteiger charge is 2.11. The van der Waals surface area contributed by atoms with E-state index in [1.54, 1.807) is 11.3 Å². The summed E-state index contributed by atoms with van der Waals surface area (Å²) in [6.07, 6.45) is 2.87. The van der Waals surface area contributed by atoms with Gasteiger partial charge in [-0.1, -0.05) is 11.6 Å². The summed E-state index contributed by atoms with van der Waals surface area (Å²) in [7, 11) is 0. The molecule has 0 spiro atoms. The van der Waals surface area contributed by atoms with Gasteiger partial charge < -0.3 is 5.11 Å². The fourth-order valence-corrected chi connectivity index (χ4v) is 2.31. The molecule has 1 heterocycles. The van der Waals surface area contributed by atoms with Gasteiger partial charge in [-0.3, -0.25) is 0 Å². The van der Waals surface area contributed by atoms with Crippen LogP contribution in [0.15, 0.2) is 12.1 Å². The number of halogens is 1. The zero-order valence-electron chi connectivity index (χ0n) is 8.01. The first-order chi connectivity index (χ1) is 5.97. The summed E-state index contributed by atoms with van der Waals surface area (Å²) >= 11 is 7.42. The first-order valence-corrected chi connectivity index (χ1v) is 5.63. The summed E-state index contributed by atoms with van der Waals surface area (Å²) in [5.74, 6) is 0. The lowest BCUT2D eigenvalue weighted by Crippen LogP contribution is -2.18. The summed E-state index contributed by atoms with van der Waals surface area (Å²) in [5.41, 5.74) is -0.541. The summed E-state index contributed by atoms with van der Waals surface area (Å²) in [6, 6.07) is 3.98. The number of aryl methyl sites for hydroxylation is 1. The summed E-state index contributed by atoms with van der Waals surface area (Å²) < 4.78 is 0.846. The van der Waals surface area contributed by atoms with Gasteiger partial charge >= 0.3 is 0 Å². The fraction of sp³-hybridized carbons (Fsp3) is 0.600. The van der Waals surface area contributed by atoms with E-state index < -0.39 is 5.60 Å². The average Bonchev–Trinajstić information content (AvgIpc) is 2.33. The molecule has 0 fully saturated rings. The van der Waals surface area contributed by atoms with E-state index in [2.05, 4.69) is 6.07 Å². The van der Waals surface area contributed by atoms with Crippen molar-refractivity contribution >= 4 is 22.9 Å². The van der Waals surface area contributed by atoms with E-state index in [0.29, 0.717) is 0 Å². The molecule has 1 nitrogen and oxygen atoms in total. The molecule has 1 N–H and O–H groups in total. The summed E-state index contributed by atoms with van der Waals surface area (Å²) in [4.78, 5) is 1.30. The molecular formula is C10H15ClOS. The van der Waals surface area contributed by atoms with Crippen LogP contribution >= 0.6 is 22.9 Å². The van der Waals surface area contributed by atoms with Crippen molar-refractivity contribution in [2.45, 2.75) is 38.7 Å². The van der Waals surface area contributed by atoms with Gasteiger partial charge in [0.2, 0.25) is 0 Å². The zero-order valence-corrected chi connectivity index (χ0v) is 9.58. The van der Waals surface area contributed by atoms with Crippen LogP contribution in [0.25, 0.3) is 0 Å². The van der Waals surface area contributed by atoms with Crippen LogP contribution in [-0.2, 0) is 6.42 Å². The zero-order chi connectivity index (χ0) is 9.90. The van der Waals surface area contributed by atoms with Crippen LogP contribution in [0.2, 0.25) is 4.34 Å². The van der Waals surface area contributed by atoms with Gasteiger partial charge in [0.1, 0.15) is 0 Å². The second-order valence-electron chi connectivity index (χ2n) is 3.87. The Morgan fingerprint density at radius 2 is 2.15 bits per heavy atom. The monoisotopic (exact) mass is 218 g/mol. The first-order valence-electron chi connectivity index (χ1n) is 4.44. The van der Waals surface area contributed by atoms with Gasteiger partial charge in [-0.05, 0) is 45.2 Å². The molecule has 0 atom stereocenters. The van der Waals surface area contributed by atoms with Crippen molar-refractivity contribution in [2.75, 3.05) is 0 Å². The molecule has 0 saturated heterocycles. The number of hydrogen-bond acceptors (Lipinski definition) is 2. The molecule has 1 aromatic rings. The van der Waals surface area contributed by atoms with Gasteiger partial charge in [-0.15, -0.1) is 11.3 Å². The molecule has 0 aliphatic carbocycles. The maximum Gasteiger partial charge on any atom is 0.0931 e. The largest absolute Gasteiger partial charge is 0.390 e. The Kier molecular flexibility index (Phi) is 3.77. The molecule has 0 unspecified atom stereocenters. The average molecular weight is 219 g/mol. The Morgan fingerprint density at radius 3 is 2.62 bits per heavy atom. The fourth-order valence-electron chi connectivity index (χ4n) is 1.18. The molecule has 0 saturated carbocycles. The number of thiophene rings is 1. The van der Waals surface area contributed by atoms with Crippen LogP contribution in [0, 0.1) is 0 Å². The van der Waals surface area contributed by atoms with Crippen LogP contribution in [0.4, 0.5) is 0 Å². The topological polar surface area (TPSA) is 20.2 Å². The van der Waals surface area contributed by atoms with Crippen molar-refractivity contribution in [3.63, 3.8) is 0 Å². The highest BCUT2D eigenvalue weighted by atomic mass is 35.5. The minimum absolute atomic E-state index is 0.541. The highest BCUT2D eigenvalue weighted by Crippen LogP contribution is 2.23. The lowest BCUT2D eigenvalue weighted by atomic mass is 10.0. The Hall–Kier alpha value is -0.0500. The van der Waals surface area contributed by atoms with Crippen molar-refractivity contribution in [1.82, 2.24) is 0 Å². The van der Waals surface area contributed by atoms with E-state index in [9.17, 15) is 5.11 Å². The third-order valence-corrected chi connectivity index (χ3v) is 3.13. The minimum atomic E-state index is -0.541. The second kappa shape index (κ2) is 4.45. The molecule has 74 valence electrons. The van der Waals surface area contributed by atoms with Gasteiger partial charge in [-0.2, -0.15) is 0 Å². The smallest absolute Gasteiger partial charge is 0.0931 e. The molecule has 0 amide bonds. The van der Waals surface area contributed by atoms with E-state index in [1.807, 2.05) is 19.9 Å². The van der Waals surface area contributed by atoms with Gasteiger partial charge in [0.25, 0.3) is 0 Å². The molecule has 3 heteroatoms. The van der Waals surface area contributed by atoms with Crippen LogP contribution in [-0.4, -0.2) is 10.7 Å². The SMILES string of the molecule is CC(C)(O)CCCc1ccc(Cl)s1. The number of hydrogen-bond donors (Lipinski definition) is 1. The predicted octanol–water partition coefficient (Wildman–Crippen LogP) is 3.50. The maximum atomic E-state index is 9.48. The number of aliphatic hydroxyl groups is 1.